The van der Waals surface area contributed by atoms with Crippen LogP contribution in [0, 0.1) is 0 Å². The molecule has 102 valence electrons. The van der Waals surface area contributed by atoms with E-state index in [2.05, 4.69) is 33.4 Å². The molecule has 0 aromatic carbocycles. The second-order valence-corrected chi connectivity index (χ2v) is 4.62. The fraction of sp³-hybridized carbons (Fsp3) is 0.267. The van der Waals surface area contributed by atoms with Crippen molar-refractivity contribution in [3.8, 4) is 0 Å². The van der Waals surface area contributed by atoms with E-state index in [-0.39, 0.29) is 0 Å². The first-order chi connectivity index (χ1) is 9.86. The van der Waals surface area contributed by atoms with Crippen molar-refractivity contribution >= 4 is 11.5 Å². The van der Waals surface area contributed by atoms with Gasteiger partial charge in [-0.3, -0.25) is 4.98 Å². The second kappa shape index (κ2) is 5.69. The van der Waals surface area contributed by atoms with Gasteiger partial charge in [0, 0.05) is 36.8 Å². The van der Waals surface area contributed by atoms with Gasteiger partial charge in [-0.15, -0.1) is 0 Å². The molecule has 0 amide bonds. The predicted molar refractivity (Wildman–Crippen MR) is 78.8 cm³/mol. The summed E-state index contributed by atoms with van der Waals surface area (Å²) < 4.78 is 1.84. The fourth-order valence-electron chi connectivity index (χ4n) is 2.16. The van der Waals surface area contributed by atoms with Crippen molar-refractivity contribution in [3.63, 3.8) is 0 Å². The van der Waals surface area contributed by atoms with Crippen LogP contribution >= 0.6 is 0 Å². The Labute approximate surface area is 117 Å². The number of pyridine rings is 1. The van der Waals surface area contributed by atoms with Crippen LogP contribution in [0.3, 0.4) is 0 Å². The van der Waals surface area contributed by atoms with Crippen LogP contribution in [0.5, 0.6) is 0 Å². The number of hydrogen-bond donors (Lipinski definition) is 1. The molecule has 3 aromatic rings. The molecule has 0 bridgehead atoms. The molecule has 0 unspecified atom stereocenters. The third-order valence-electron chi connectivity index (χ3n) is 3.24. The van der Waals surface area contributed by atoms with Crippen LogP contribution in [0.1, 0.15) is 18.2 Å². The molecule has 0 aliphatic heterocycles. The molecule has 0 aliphatic carbocycles. The first kappa shape index (κ1) is 12.6. The molecule has 3 aromatic heterocycles. The largest absolute Gasteiger partial charge is 0.370 e. The number of hydrogen-bond acceptors (Lipinski definition) is 4. The third kappa shape index (κ3) is 2.61. The lowest BCUT2D eigenvalue weighted by Gasteiger charge is -2.10. The Morgan fingerprint density at radius 1 is 1.15 bits per heavy atom. The number of anilines is 1. The van der Waals surface area contributed by atoms with E-state index in [1.807, 2.05) is 35.1 Å². The highest BCUT2D eigenvalue weighted by molar-refractivity contribution is 5.49. The molecule has 0 fully saturated rings. The molecule has 3 rings (SSSR count). The maximum Gasteiger partial charge on any atom is 0.157 e. The standard InChI is InChI=1S/C15H17N5/c1-2-13-11-15(20-14(19-13)6-10-18-20)17-9-5-12-3-7-16-8-4-12/h3-4,6-8,10-11,17H,2,5,9H2,1H3. The summed E-state index contributed by atoms with van der Waals surface area (Å²) in [7, 11) is 0. The van der Waals surface area contributed by atoms with Gasteiger partial charge < -0.3 is 5.32 Å². The molecule has 5 nitrogen and oxygen atoms in total. The van der Waals surface area contributed by atoms with Gasteiger partial charge in [0.15, 0.2) is 5.65 Å². The summed E-state index contributed by atoms with van der Waals surface area (Å²) in [5.74, 6) is 0.992. The molecule has 0 saturated carbocycles. The normalized spacial score (nSPS) is 10.8. The number of aryl methyl sites for hydroxylation is 1. The summed E-state index contributed by atoms with van der Waals surface area (Å²) in [5, 5.41) is 7.74. The van der Waals surface area contributed by atoms with E-state index in [1.54, 1.807) is 6.20 Å². The molecule has 0 radical (unpaired) electrons. The van der Waals surface area contributed by atoms with Gasteiger partial charge in [0.1, 0.15) is 5.82 Å². The predicted octanol–water partition coefficient (Wildman–Crippen LogP) is 2.34. The topological polar surface area (TPSA) is 55.1 Å². The lowest BCUT2D eigenvalue weighted by Crippen LogP contribution is -2.10. The molecular formula is C15H17N5. The highest BCUT2D eigenvalue weighted by atomic mass is 15.3. The zero-order valence-corrected chi connectivity index (χ0v) is 11.5. The van der Waals surface area contributed by atoms with Crippen LogP contribution < -0.4 is 5.32 Å². The molecule has 20 heavy (non-hydrogen) atoms. The maximum atomic E-state index is 4.53. The monoisotopic (exact) mass is 267 g/mol. The molecule has 0 aliphatic rings. The van der Waals surface area contributed by atoms with E-state index in [0.717, 1.165) is 36.5 Å². The van der Waals surface area contributed by atoms with Gasteiger partial charge >= 0.3 is 0 Å². The van der Waals surface area contributed by atoms with Crippen molar-refractivity contribution in [1.29, 1.82) is 0 Å². The Balaban J connectivity index is 1.75. The van der Waals surface area contributed by atoms with Crippen LogP contribution in [-0.2, 0) is 12.8 Å². The first-order valence-corrected chi connectivity index (χ1v) is 6.83. The highest BCUT2D eigenvalue weighted by Gasteiger charge is 2.05. The summed E-state index contributed by atoms with van der Waals surface area (Å²) in [6.45, 7) is 2.96. The molecule has 0 atom stereocenters. The average molecular weight is 267 g/mol. The smallest absolute Gasteiger partial charge is 0.157 e. The van der Waals surface area contributed by atoms with Crippen LogP contribution in [-0.4, -0.2) is 26.1 Å². The maximum absolute atomic E-state index is 4.53. The van der Waals surface area contributed by atoms with Crippen LogP contribution in [0.2, 0.25) is 0 Å². The van der Waals surface area contributed by atoms with Gasteiger partial charge in [0.2, 0.25) is 0 Å². The molecular weight excluding hydrogens is 250 g/mol. The van der Waals surface area contributed by atoms with Gasteiger partial charge in [-0.2, -0.15) is 9.61 Å². The molecule has 0 saturated heterocycles. The van der Waals surface area contributed by atoms with Gasteiger partial charge in [-0.05, 0) is 30.5 Å². The minimum atomic E-state index is 0.853. The Hall–Kier alpha value is -2.43. The molecule has 5 heteroatoms. The molecule has 0 spiro atoms. The van der Waals surface area contributed by atoms with Crippen molar-refractivity contribution in [1.82, 2.24) is 19.6 Å². The van der Waals surface area contributed by atoms with E-state index in [0.29, 0.717) is 0 Å². The number of rotatable bonds is 5. The Kier molecular flexibility index (Phi) is 3.58. The summed E-state index contributed by atoms with van der Waals surface area (Å²) in [6, 6.07) is 8.06. The average Bonchev–Trinajstić information content (AvgIpc) is 2.96. The number of fused-ring (bicyclic) bond motifs is 1. The summed E-state index contributed by atoms with van der Waals surface area (Å²) in [5.41, 5.74) is 3.23. The van der Waals surface area contributed by atoms with Crippen molar-refractivity contribution in [2.45, 2.75) is 19.8 Å². The van der Waals surface area contributed by atoms with E-state index in [4.69, 9.17) is 0 Å². The minimum Gasteiger partial charge on any atom is -0.370 e. The molecule has 1 N–H and O–H groups in total. The van der Waals surface area contributed by atoms with E-state index >= 15 is 0 Å². The quantitative estimate of drug-likeness (QED) is 0.771. The fourth-order valence-corrected chi connectivity index (χ4v) is 2.16. The van der Waals surface area contributed by atoms with Crippen LogP contribution in [0.4, 0.5) is 5.82 Å². The van der Waals surface area contributed by atoms with E-state index in [1.165, 1.54) is 5.56 Å². The van der Waals surface area contributed by atoms with E-state index in [9.17, 15) is 0 Å². The minimum absolute atomic E-state index is 0.853. The number of aromatic nitrogens is 4. The van der Waals surface area contributed by atoms with Crippen LogP contribution in [0.15, 0.2) is 42.9 Å². The van der Waals surface area contributed by atoms with Crippen LogP contribution in [0.25, 0.3) is 5.65 Å². The number of nitrogens with one attached hydrogen (secondary N) is 1. The van der Waals surface area contributed by atoms with Crippen molar-refractivity contribution in [2.24, 2.45) is 0 Å². The summed E-state index contributed by atoms with van der Waals surface area (Å²) in [4.78, 5) is 8.56. The lowest BCUT2D eigenvalue weighted by molar-refractivity contribution is 0.894. The SMILES string of the molecule is CCc1cc(NCCc2ccncc2)n2nccc2n1. The Morgan fingerprint density at radius 2 is 2.00 bits per heavy atom. The molecule has 3 heterocycles. The van der Waals surface area contributed by atoms with Gasteiger partial charge in [-0.1, -0.05) is 6.92 Å². The van der Waals surface area contributed by atoms with E-state index < -0.39 is 0 Å². The van der Waals surface area contributed by atoms with Gasteiger partial charge in [0.05, 0.1) is 6.20 Å². The van der Waals surface area contributed by atoms with Crippen molar-refractivity contribution < 1.29 is 0 Å². The lowest BCUT2D eigenvalue weighted by atomic mass is 10.2. The Bertz CT molecular complexity index is 690. The first-order valence-electron chi connectivity index (χ1n) is 6.83. The zero-order chi connectivity index (χ0) is 13.8. The van der Waals surface area contributed by atoms with Gasteiger partial charge in [-0.25, -0.2) is 4.98 Å². The second-order valence-electron chi connectivity index (χ2n) is 4.62. The Morgan fingerprint density at radius 3 is 2.80 bits per heavy atom. The summed E-state index contributed by atoms with van der Waals surface area (Å²) >= 11 is 0. The van der Waals surface area contributed by atoms with Gasteiger partial charge in [0.25, 0.3) is 0 Å². The van der Waals surface area contributed by atoms with Crippen molar-refractivity contribution in [2.75, 3.05) is 11.9 Å². The highest BCUT2D eigenvalue weighted by Crippen LogP contribution is 2.13. The zero-order valence-electron chi connectivity index (χ0n) is 11.5. The third-order valence-corrected chi connectivity index (χ3v) is 3.24. The number of nitrogens with zero attached hydrogens (tertiary/aromatic N) is 4. The van der Waals surface area contributed by atoms with Crippen molar-refractivity contribution in [3.05, 3.63) is 54.1 Å². The summed E-state index contributed by atoms with van der Waals surface area (Å²) in [6.07, 6.45) is 7.29.